The highest BCUT2D eigenvalue weighted by Crippen LogP contribution is 2.32. The van der Waals surface area contributed by atoms with Crippen molar-refractivity contribution in [3.63, 3.8) is 0 Å². The van der Waals surface area contributed by atoms with Gasteiger partial charge in [-0.2, -0.15) is 0 Å². The van der Waals surface area contributed by atoms with Crippen LogP contribution in [0.3, 0.4) is 0 Å². The second-order valence-corrected chi connectivity index (χ2v) is 7.28. The van der Waals surface area contributed by atoms with Gasteiger partial charge < -0.3 is 25.7 Å². The number of benzene rings is 3. The van der Waals surface area contributed by atoms with Crippen molar-refractivity contribution in [3.8, 4) is 16.9 Å². The number of ether oxygens (including phenoxy) is 1. The van der Waals surface area contributed by atoms with Crippen molar-refractivity contribution in [1.82, 2.24) is 0 Å². The summed E-state index contributed by atoms with van der Waals surface area (Å²) in [6.07, 6.45) is 2.64. The smallest absolute Gasteiger partial charge is 0.290 e. The van der Waals surface area contributed by atoms with Crippen molar-refractivity contribution in [2.45, 2.75) is 33.0 Å². The average molecular weight is 433 g/mol. The largest absolute Gasteiger partial charge is 0.489 e. The molecule has 0 aliphatic heterocycles. The molecule has 0 saturated heterocycles. The topological polar surface area (TPSA) is 112 Å². The van der Waals surface area contributed by atoms with Crippen molar-refractivity contribution in [2.75, 3.05) is 0 Å². The SMILES string of the molecule is CCc1ccc(CN)cc1OCc1cc(-c2cccc(CN)c2)c2occc2c1.O=CO. The van der Waals surface area contributed by atoms with Crippen molar-refractivity contribution < 1.29 is 19.1 Å². The monoisotopic (exact) mass is 432 g/mol. The Bertz CT molecular complexity index is 1180. The van der Waals surface area contributed by atoms with E-state index in [0.29, 0.717) is 19.7 Å². The normalized spacial score (nSPS) is 10.5. The Balaban J connectivity index is 0.000000913. The van der Waals surface area contributed by atoms with Gasteiger partial charge in [0.05, 0.1) is 6.26 Å². The molecule has 0 radical (unpaired) electrons. The summed E-state index contributed by atoms with van der Waals surface area (Å²) in [5.74, 6) is 0.898. The van der Waals surface area contributed by atoms with Gasteiger partial charge >= 0.3 is 0 Å². The first-order valence-electron chi connectivity index (χ1n) is 10.5. The molecule has 0 amide bonds. The zero-order valence-corrected chi connectivity index (χ0v) is 18.1. The molecular formula is C26H28N2O4. The molecule has 4 aromatic rings. The van der Waals surface area contributed by atoms with Gasteiger partial charge in [0.1, 0.15) is 17.9 Å². The maximum absolute atomic E-state index is 8.36. The number of aryl methyl sites for hydroxylation is 1. The number of furan rings is 1. The predicted octanol–water partition coefficient (Wildman–Crippen LogP) is 4.86. The third-order valence-corrected chi connectivity index (χ3v) is 5.23. The van der Waals surface area contributed by atoms with Crippen LogP contribution in [0.5, 0.6) is 5.75 Å². The quantitative estimate of drug-likeness (QED) is 0.360. The lowest BCUT2D eigenvalue weighted by atomic mass is 9.99. The van der Waals surface area contributed by atoms with Crippen molar-refractivity contribution in [3.05, 3.63) is 89.2 Å². The highest BCUT2D eigenvalue weighted by molar-refractivity contribution is 5.93. The van der Waals surface area contributed by atoms with Gasteiger partial charge in [0.15, 0.2) is 0 Å². The minimum absolute atomic E-state index is 0.250. The summed E-state index contributed by atoms with van der Waals surface area (Å²) in [7, 11) is 0. The Morgan fingerprint density at radius 1 is 0.969 bits per heavy atom. The third-order valence-electron chi connectivity index (χ3n) is 5.23. The van der Waals surface area contributed by atoms with Gasteiger partial charge in [0.25, 0.3) is 6.47 Å². The molecule has 0 aliphatic rings. The molecule has 0 atom stereocenters. The van der Waals surface area contributed by atoms with Gasteiger partial charge in [0.2, 0.25) is 0 Å². The molecule has 0 saturated carbocycles. The Morgan fingerprint density at radius 3 is 2.44 bits per heavy atom. The standard InChI is InChI=1S/C25H26N2O2.CH2O2/c1-2-20-7-6-18(15-27)13-24(20)29-16-19-11-22-8-9-28-25(22)23(12-19)21-5-3-4-17(10-21)14-26;2-1-3/h3-13H,2,14-16,26-27H2,1H3;1H,(H,2,3). The third kappa shape index (κ3) is 5.35. The van der Waals surface area contributed by atoms with E-state index in [1.807, 2.05) is 24.3 Å². The van der Waals surface area contributed by atoms with E-state index in [1.165, 1.54) is 5.56 Å². The Morgan fingerprint density at radius 2 is 1.72 bits per heavy atom. The van der Waals surface area contributed by atoms with E-state index in [4.69, 9.17) is 30.5 Å². The van der Waals surface area contributed by atoms with Gasteiger partial charge in [0, 0.05) is 24.0 Å². The summed E-state index contributed by atoms with van der Waals surface area (Å²) in [6.45, 7) is 3.37. The Labute approximate surface area is 187 Å². The number of carbonyl (C=O) groups is 1. The maximum Gasteiger partial charge on any atom is 0.290 e. The first-order valence-corrected chi connectivity index (χ1v) is 10.5. The summed E-state index contributed by atoms with van der Waals surface area (Å²) in [5, 5.41) is 7.95. The van der Waals surface area contributed by atoms with Crippen LogP contribution in [0.2, 0.25) is 0 Å². The van der Waals surface area contributed by atoms with Gasteiger partial charge in [-0.15, -0.1) is 0 Å². The van der Waals surface area contributed by atoms with E-state index >= 15 is 0 Å². The predicted molar refractivity (Wildman–Crippen MR) is 126 cm³/mol. The Kier molecular flexibility index (Phi) is 8.02. The fourth-order valence-electron chi connectivity index (χ4n) is 3.62. The molecule has 0 spiro atoms. The second kappa shape index (κ2) is 11.1. The number of hydrogen-bond acceptors (Lipinski definition) is 5. The highest BCUT2D eigenvalue weighted by atomic mass is 16.5. The molecule has 0 bridgehead atoms. The molecule has 166 valence electrons. The van der Waals surface area contributed by atoms with Crippen LogP contribution in [-0.4, -0.2) is 11.6 Å². The van der Waals surface area contributed by atoms with Crippen LogP contribution in [0.15, 0.2) is 71.3 Å². The molecular weight excluding hydrogens is 404 g/mol. The van der Waals surface area contributed by atoms with Crippen LogP contribution >= 0.6 is 0 Å². The highest BCUT2D eigenvalue weighted by Gasteiger charge is 2.11. The van der Waals surface area contributed by atoms with E-state index in [0.717, 1.165) is 51.0 Å². The maximum atomic E-state index is 8.36. The minimum Gasteiger partial charge on any atom is -0.489 e. The number of carboxylic acid groups (broad SMARTS) is 1. The molecule has 3 aromatic carbocycles. The van der Waals surface area contributed by atoms with E-state index in [9.17, 15) is 0 Å². The number of rotatable bonds is 7. The van der Waals surface area contributed by atoms with Crippen LogP contribution in [0, 0.1) is 0 Å². The van der Waals surface area contributed by atoms with Gasteiger partial charge in [-0.05, 0) is 64.6 Å². The van der Waals surface area contributed by atoms with Crippen LogP contribution in [0.4, 0.5) is 0 Å². The minimum atomic E-state index is -0.250. The van der Waals surface area contributed by atoms with Crippen LogP contribution in [0.1, 0.15) is 29.2 Å². The van der Waals surface area contributed by atoms with Gasteiger partial charge in [-0.1, -0.05) is 37.3 Å². The molecule has 1 heterocycles. The van der Waals surface area contributed by atoms with Gasteiger partial charge in [-0.25, -0.2) is 0 Å². The van der Waals surface area contributed by atoms with Crippen molar-refractivity contribution in [1.29, 1.82) is 0 Å². The lowest BCUT2D eigenvalue weighted by Crippen LogP contribution is -2.02. The van der Waals surface area contributed by atoms with E-state index in [2.05, 4.69) is 43.3 Å². The summed E-state index contributed by atoms with van der Waals surface area (Å²) in [6, 6.07) is 20.7. The Hall–Kier alpha value is -3.61. The van der Waals surface area contributed by atoms with Crippen LogP contribution < -0.4 is 16.2 Å². The fourth-order valence-corrected chi connectivity index (χ4v) is 3.62. The zero-order valence-electron chi connectivity index (χ0n) is 18.1. The average Bonchev–Trinajstić information content (AvgIpc) is 3.31. The zero-order chi connectivity index (χ0) is 22.9. The first-order chi connectivity index (χ1) is 15.6. The fraction of sp³-hybridized carbons (Fsp3) is 0.192. The lowest BCUT2D eigenvalue weighted by molar-refractivity contribution is -0.122. The van der Waals surface area contributed by atoms with E-state index < -0.39 is 0 Å². The van der Waals surface area contributed by atoms with E-state index in [1.54, 1.807) is 6.26 Å². The van der Waals surface area contributed by atoms with Gasteiger partial charge in [-0.3, -0.25) is 4.79 Å². The molecule has 1 aromatic heterocycles. The van der Waals surface area contributed by atoms with Crippen molar-refractivity contribution >= 4 is 17.4 Å². The molecule has 4 rings (SSSR count). The molecule has 5 N–H and O–H groups in total. The van der Waals surface area contributed by atoms with E-state index in [-0.39, 0.29) is 6.47 Å². The number of hydrogen-bond donors (Lipinski definition) is 3. The van der Waals surface area contributed by atoms with Crippen LogP contribution in [0.25, 0.3) is 22.1 Å². The molecule has 6 heteroatoms. The molecule has 6 nitrogen and oxygen atoms in total. The molecule has 0 aliphatic carbocycles. The van der Waals surface area contributed by atoms with Crippen molar-refractivity contribution in [2.24, 2.45) is 11.5 Å². The first kappa shape index (κ1) is 23.1. The molecule has 32 heavy (non-hydrogen) atoms. The second-order valence-electron chi connectivity index (χ2n) is 7.28. The lowest BCUT2D eigenvalue weighted by Gasteiger charge is -2.13. The summed E-state index contributed by atoms with van der Waals surface area (Å²) in [4.78, 5) is 8.36. The molecule has 0 unspecified atom stereocenters. The summed E-state index contributed by atoms with van der Waals surface area (Å²) in [5.41, 5.74) is 19.1. The number of fused-ring (bicyclic) bond motifs is 1. The molecule has 0 fully saturated rings. The number of nitrogens with two attached hydrogens (primary N) is 2. The summed E-state index contributed by atoms with van der Waals surface area (Å²) < 4.78 is 12.0. The summed E-state index contributed by atoms with van der Waals surface area (Å²) >= 11 is 0. The van der Waals surface area contributed by atoms with Crippen LogP contribution in [-0.2, 0) is 30.9 Å².